The minimum Gasteiger partial charge on any atom is -0.181 e. The molecule has 0 atom stereocenters. The van der Waals surface area contributed by atoms with Gasteiger partial charge in [-0.1, -0.05) is 0 Å². The Morgan fingerprint density at radius 1 is 1.40 bits per heavy atom. The van der Waals surface area contributed by atoms with Crippen LogP contribution in [0.3, 0.4) is 0 Å². The summed E-state index contributed by atoms with van der Waals surface area (Å²) < 4.78 is 0. The third-order valence-corrected chi connectivity index (χ3v) is 0. The molecule has 0 N–H and O–H groups in total. The van der Waals surface area contributed by atoms with Gasteiger partial charge in [-0.2, -0.15) is 11.1 Å². The van der Waals surface area contributed by atoms with E-state index in [0.29, 0.717) is 0 Å². The van der Waals surface area contributed by atoms with Crippen LogP contribution in [0.15, 0.2) is 0 Å². The van der Waals surface area contributed by atoms with Crippen LogP contribution < -0.4 is 0 Å². The van der Waals surface area contributed by atoms with Crippen LogP contribution in [0.5, 0.6) is 0 Å². The summed E-state index contributed by atoms with van der Waals surface area (Å²) in [6.07, 6.45) is 0. The summed E-state index contributed by atoms with van der Waals surface area (Å²) in [5.74, 6) is 0. The van der Waals surface area contributed by atoms with Gasteiger partial charge in [0.15, 0.2) is 0 Å². The van der Waals surface area contributed by atoms with Crippen molar-refractivity contribution in [1.82, 2.24) is 0 Å². The first-order valence-corrected chi connectivity index (χ1v) is 8.77. The van der Waals surface area contributed by atoms with E-state index in [0.717, 1.165) is 0 Å². The maximum atomic E-state index is 5.20. The van der Waals surface area contributed by atoms with Gasteiger partial charge in [-0.3, -0.25) is 0 Å². The van der Waals surface area contributed by atoms with Crippen molar-refractivity contribution in [2.24, 2.45) is 0 Å². The van der Waals surface area contributed by atoms with Crippen LogP contribution in [-0.4, -0.2) is 53.3 Å². The molecule has 5 heteroatoms. The second kappa shape index (κ2) is 17.0. The SMILES string of the molecule is [GeH4].[GeH4].[SiH3][SiH2]Cl. The average Bonchev–Trinajstić information content (AvgIpc) is 0.918. The molecule has 0 aromatic carbocycles. The monoisotopic (exact) mass is 252 g/mol. The molecule has 0 rings (SSSR count). The van der Waals surface area contributed by atoms with Crippen molar-refractivity contribution in [2.45, 2.75) is 0 Å². The van der Waals surface area contributed by atoms with Crippen molar-refractivity contribution < 1.29 is 0 Å². The van der Waals surface area contributed by atoms with Crippen LogP contribution in [-0.2, 0) is 0 Å². The van der Waals surface area contributed by atoms with Crippen molar-refractivity contribution in [3.63, 3.8) is 0 Å². The molecule has 0 aliphatic heterocycles. The molecule has 5 heavy (non-hydrogen) atoms. The van der Waals surface area contributed by atoms with Crippen LogP contribution in [0.4, 0.5) is 0 Å². The van der Waals surface area contributed by atoms with Crippen molar-refractivity contribution in [3.05, 3.63) is 0 Å². The van der Waals surface area contributed by atoms with Crippen molar-refractivity contribution >= 4 is 64.4 Å². The molecule has 0 saturated heterocycles. The summed E-state index contributed by atoms with van der Waals surface area (Å²) >= 11 is 5.20. The zero-order valence-electron chi connectivity index (χ0n) is 2.09. The Morgan fingerprint density at radius 2 is 1.40 bits per heavy atom. The molecule has 0 aliphatic rings. The first-order chi connectivity index (χ1) is 1.41. The molecule has 0 spiro atoms. The van der Waals surface area contributed by atoms with E-state index in [1.807, 2.05) is 0 Å². The second-order valence-corrected chi connectivity index (χ2v) is 7.22. The maximum absolute atomic E-state index is 5.20. The first kappa shape index (κ1) is 15.8. The molecular formula is H13ClGe2Si2. The summed E-state index contributed by atoms with van der Waals surface area (Å²) in [7, 11) is 1.30. The molecule has 0 bridgehead atoms. The topological polar surface area (TPSA) is 0 Å². The number of hydrogen-bond donors (Lipinski definition) is 0. The zero-order chi connectivity index (χ0) is 2.71. The molecule has 0 fully saturated rings. The van der Waals surface area contributed by atoms with Crippen LogP contribution in [0.25, 0.3) is 0 Å². The van der Waals surface area contributed by atoms with Crippen LogP contribution in [0.1, 0.15) is 0 Å². The van der Waals surface area contributed by atoms with E-state index in [2.05, 4.69) is 0 Å². The molecule has 0 unspecified atom stereocenters. The van der Waals surface area contributed by atoms with E-state index >= 15 is 0 Å². The second-order valence-electron chi connectivity index (χ2n) is 0.267. The standard InChI is InChI=1S/ClH5Si2.2GeH4/c1-3-2;;/h3H2,2H3;2*1H4. The molecule has 0 aromatic heterocycles. The van der Waals surface area contributed by atoms with Crippen LogP contribution in [0, 0.1) is 0 Å². The minimum atomic E-state index is 0. The average molecular weight is 250 g/mol. The summed E-state index contributed by atoms with van der Waals surface area (Å²) in [5.41, 5.74) is 0. The van der Waals surface area contributed by atoms with Gasteiger partial charge in [0.2, 0.25) is 0 Å². The Bertz CT molecular complexity index is 7.61. The summed E-state index contributed by atoms with van der Waals surface area (Å²) in [4.78, 5) is 0. The summed E-state index contributed by atoms with van der Waals surface area (Å²) in [5, 5.41) is 0. The van der Waals surface area contributed by atoms with Gasteiger partial charge in [-0.15, -0.1) is 0 Å². The Labute approximate surface area is 64.1 Å². The van der Waals surface area contributed by atoms with Crippen LogP contribution in [0.2, 0.25) is 0 Å². The Kier molecular flexibility index (Phi) is 53.9. The Morgan fingerprint density at radius 3 is 1.40 bits per heavy atom. The fourth-order valence-electron chi connectivity index (χ4n) is 0. The summed E-state index contributed by atoms with van der Waals surface area (Å²) in [6, 6.07) is 0. The maximum Gasteiger partial charge on any atom is 0.106 e. The van der Waals surface area contributed by atoms with Gasteiger partial charge in [-0.05, 0) is 0 Å². The molecule has 0 heterocycles. The van der Waals surface area contributed by atoms with E-state index in [4.69, 9.17) is 11.1 Å². The predicted octanol–water partition coefficient (Wildman–Crippen LogP) is -4.31. The fraction of sp³-hybridized carbons (Fsp3) is 0. The molecule has 0 aromatic rings. The van der Waals surface area contributed by atoms with Gasteiger partial charge >= 0.3 is 35.2 Å². The predicted molar refractivity (Wildman–Crippen MR) is 47.0 cm³/mol. The minimum absolute atomic E-state index is 0. The number of hydrogen-bond acceptors (Lipinski definition) is 0. The van der Waals surface area contributed by atoms with Gasteiger partial charge in [0.05, 0.1) is 0 Å². The van der Waals surface area contributed by atoms with Crippen molar-refractivity contribution in [1.29, 1.82) is 0 Å². The van der Waals surface area contributed by atoms with Crippen LogP contribution >= 0.6 is 11.1 Å². The number of rotatable bonds is 0. The molecule has 0 amide bonds. The first-order valence-electron chi connectivity index (χ1n) is 0.974. The zero-order valence-corrected chi connectivity index (χ0v) is 6.26. The Balaban J connectivity index is -0.0000000200. The third kappa shape index (κ3) is 25.7. The van der Waals surface area contributed by atoms with E-state index in [9.17, 15) is 0 Å². The molecule has 0 saturated carbocycles. The van der Waals surface area contributed by atoms with Gasteiger partial charge < -0.3 is 0 Å². The van der Waals surface area contributed by atoms with Crippen molar-refractivity contribution in [2.75, 3.05) is 0 Å². The quantitative estimate of drug-likeness (QED) is 0.301. The van der Waals surface area contributed by atoms with E-state index in [1.54, 1.807) is 0 Å². The Hall–Kier alpha value is 1.81. The fourth-order valence-corrected chi connectivity index (χ4v) is 0. The van der Waals surface area contributed by atoms with Gasteiger partial charge in [0.1, 0.15) is 8.35 Å². The molecule has 0 nitrogen and oxygen atoms in total. The number of halogens is 1. The smallest absolute Gasteiger partial charge is 0.106 e. The third-order valence-electron chi connectivity index (χ3n) is 0. The van der Waals surface area contributed by atoms with Crippen molar-refractivity contribution in [3.8, 4) is 0 Å². The van der Waals surface area contributed by atoms with E-state index in [-0.39, 0.29) is 43.5 Å². The van der Waals surface area contributed by atoms with Gasteiger partial charge in [0.25, 0.3) is 0 Å². The van der Waals surface area contributed by atoms with E-state index in [1.165, 1.54) is 9.76 Å². The normalized spacial score (nSPS) is 6.60. The largest absolute Gasteiger partial charge is 0.181 e. The van der Waals surface area contributed by atoms with Gasteiger partial charge in [0, 0.05) is 9.76 Å². The molecule has 0 aliphatic carbocycles. The molecule has 36 valence electrons. The summed E-state index contributed by atoms with van der Waals surface area (Å²) in [6.45, 7) is 0. The van der Waals surface area contributed by atoms with E-state index < -0.39 is 0 Å². The molecule has 0 radical (unpaired) electrons. The molecular weight excluding hydrogens is 237 g/mol. The van der Waals surface area contributed by atoms with Gasteiger partial charge in [-0.25, -0.2) is 0 Å².